The summed E-state index contributed by atoms with van der Waals surface area (Å²) in [6.45, 7) is 6.78. The van der Waals surface area contributed by atoms with E-state index >= 15 is 0 Å². The van der Waals surface area contributed by atoms with Gasteiger partial charge in [-0.05, 0) is 43.9 Å². The Hall–Kier alpha value is -1.02. The molecule has 1 aromatic carbocycles. The van der Waals surface area contributed by atoms with Crippen LogP contribution < -0.4 is 10.2 Å². The molecule has 0 unspecified atom stereocenters. The molecule has 2 fully saturated rings. The molecule has 98 valence electrons. The van der Waals surface area contributed by atoms with E-state index in [0.717, 1.165) is 13.1 Å². The smallest absolute Gasteiger partial charge is 0.0443 e. The maximum atomic E-state index is 3.71. The minimum atomic E-state index is 0.715. The number of hydrogen-bond donors (Lipinski definition) is 1. The second-order valence-corrected chi connectivity index (χ2v) is 5.82. The lowest BCUT2D eigenvalue weighted by molar-refractivity contribution is 0.284. The average Bonchev–Trinajstić information content (AvgIpc) is 2.41. The van der Waals surface area contributed by atoms with Crippen molar-refractivity contribution in [2.24, 2.45) is 0 Å². The van der Waals surface area contributed by atoms with Gasteiger partial charge in [0.25, 0.3) is 0 Å². The van der Waals surface area contributed by atoms with E-state index in [1.807, 2.05) is 0 Å². The van der Waals surface area contributed by atoms with Crippen LogP contribution in [-0.4, -0.2) is 25.2 Å². The third-order valence-electron chi connectivity index (χ3n) is 4.77. The summed E-state index contributed by atoms with van der Waals surface area (Å²) in [5.41, 5.74) is 4.34. The number of hydrogen-bond acceptors (Lipinski definition) is 2. The number of anilines is 1. The molecule has 3 rings (SSSR count). The molecule has 1 aliphatic carbocycles. The normalized spacial score (nSPS) is 28.0. The van der Waals surface area contributed by atoms with Crippen LogP contribution in [0.3, 0.4) is 0 Å². The largest absolute Gasteiger partial charge is 0.365 e. The summed E-state index contributed by atoms with van der Waals surface area (Å²) in [5.74, 6) is 0. The Morgan fingerprint density at radius 3 is 2.89 bits per heavy atom. The van der Waals surface area contributed by atoms with Crippen LogP contribution >= 0.6 is 0 Å². The fourth-order valence-electron chi connectivity index (χ4n) is 3.60. The van der Waals surface area contributed by atoms with Gasteiger partial charge in [0.15, 0.2) is 0 Å². The molecule has 2 nitrogen and oxygen atoms in total. The van der Waals surface area contributed by atoms with E-state index in [-0.39, 0.29) is 0 Å². The monoisotopic (exact) mass is 244 g/mol. The molecule has 0 radical (unpaired) electrons. The van der Waals surface area contributed by atoms with E-state index in [2.05, 4.69) is 42.3 Å². The minimum absolute atomic E-state index is 0.715. The zero-order chi connectivity index (χ0) is 12.5. The second kappa shape index (κ2) is 4.93. The van der Waals surface area contributed by atoms with Crippen molar-refractivity contribution in [1.82, 2.24) is 5.32 Å². The lowest BCUT2D eigenvalue weighted by atomic mass is 9.87. The summed E-state index contributed by atoms with van der Waals surface area (Å²) in [7, 11) is 0. The molecule has 1 N–H and O–H groups in total. The molecule has 18 heavy (non-hydrogen) atoms. The topological polar surface area (TPSA) is 15.3 Å². The maximum Gasteiger partial charge on any atom is 0.0443 e. The van der Waals surface area contributed by atoms with Crippen molar-refractivity contribution in [3.63, 3.8) is 0 Å². The first-order chi connectivity index (χ1) is 8.77. The van der Waals surface area contributed by atoms with Gasteiger partial charge in [0.05, 0.1) is 0 Å². The number of rotatable bonds is 1. The summed E-state index contributed by atoms with van der Waals surface area (Å²) in [6.07, 6.45) is 5.50. The molecule has 0 aromatic heterocycles. The third-order valence-corrected chi connectivity index (χ3v) is 4.77. The molecule has 1 heterocycles. The molecule has 0 bridgehead atoms. The maximum absolute atomic E-state index is 3.71. The van der Waals surface area contributed by atoms with Crippen molar-refractivity contribution in [3.8, 4) is 0 Å². The molecule has 0 spiro atoms. The van der Waals surface area contributed by atoms with Crippen LogP contribution in [0, 0.1) is 13.8 Å². The highest BCUT2D eigenvalue weighted by atomic mass is 15.2. The van der Waals surface area contributed by atoms with E-state index in [1.54, 1.807) is 0 Å². The SMILES string of the molecule is Cc1cccc(N2CCN[C@@H]3CCCC[C@H]32)c1C. The Labute approximate surface area is 110 Å². The molecular weight excluding hydrogens is 220 g/mol. The molecule has 2 heteroatoms. The quantitative estimate of drug-likeness (QED) is 0.817. The van der Waals surface area contributed by atoms with Crippen molar-refractivity contribution in [2.75, 3.05) is 18.0 Å². The van der Waals surface area contributed by atoms with Crippen LogP contribution in [0.1, 0.15) is 36.8 Å². The summed E-state index contributed by atoms with van der Waals surface area (Å²) >= 11 is 0. The van der Waals surface area contributed by atoms with Gasteiger partial charge in [-0.2, -0.15) is 0 Å². The molecule has 0 amide bonds. The van der Waals surface area contributed by atoms with Crippen molar-refractivity contribution < 1.29 is 0 Å². The van der Waals surface area contributed by atoms with Crippen molar-refractivity contribution in [2.45, 2.75) is 51.6 Å². The van der Waals surface area contributed by atoms with Gasteiger partial charge in [0, 0.05) is 30.9 Å². The zero-order valence-electron chi connectivity index (χ0n) is 11.6. The number of piperazine rings is 1. The molecule has 1 saturated carbocycles. The van der Waals surface area contributed by atoms with Gasteiger partial charge < -0.3 is 10.2 Å². The van der Waals surface area contributed by atoms with Crippen LogP contribution in [0.25, 0.3) is 0 Å². The van der Waals surface area contributed by atoms with Crippen LogP contribution in [-0.2, 0) is 0 Å². The van der Waals surface area contributed by atoms with Gasteiger partial charge in [0.2, 0.25) is 0 Å². The van der Waals surface area contributed by atoms with Crippen LogP contribution in [0.15, 0.2) is 18.2 Å². The summed E-state index contributed by atoms with van der Waals surface area (Å²) < 4.78 is 0. The number of nitrogens with one attached hydrogen (secondary N) is 1. The van der Waals surface area contributed by atoms with E-state index in [9.17, 15) is 0 Å². The molecular formula is C16H24N2. The lowest BCUT2D eigenvalue weighted by Gasteiger charge is -2.46. The Bertz CT molecular complexity index is 425. The Kier molecular flexibility index (Phi) is 3.29. The highest BCUT2D eigenvalue weighted by Crippen LogP contribution is 2.32. The molecule has 2 atom stereocenters. The van der Waals surface area contributed by atoms with Crippen LogP contribution in [0.4, 0.5) is 5.69 Å². The van der Waals surface area contributed by atoms with Gasteiger partial charge in [-0.25, -0.2) is 0 Å². The first kappa shape index (κ1) is 12.0. The van der Waals surface area contributed by atoms with Crippen molar-refractivity contribution >= 4 is 5.69 Å². The summed E-state index contributed by atoms with van der Waals surface area (Å²) in [5, 5.41) is 3.71. The number of nitrogens with zero attached hydrogens (tertiary/aromatic N) is 1. The van der Waals surface area contributed by atoms with Crippen LogP contribution in [0.5, 0.6) is 0 Å². The predicted octanol–water partition coefficient (Wildman–Crippen LogP) is 3.02. The first-order valence-corrected chi connectivity index (χ1v) is 7.33. The number of fused-ring (bicyclic) bond motifs is 1. The molecule has 1 aromatic rings. The summed E-state index contributed by atoms with van der Waals surface area (Å²) in [4.78, 5) is 2.67. The Balaban J connectivity index is 1.92. The highest BCUT2D eigenvalue weighted by Gasteiger charge is 2.33. The predicted molar refractivity (Wildman–Crippen MR) is 77.3 cm³/mol. The average molecular weight is 244 g/mol. The zero-order valence-corrected chi connectivity index (χ0v) is 11.6. The van der Waals surface area contributed by atoms with Gasteiger partial charge >= 0.3 is 0 Å². The summed E-state index contributed by atoms with van der Waals surface area (Å²) in [6, 6.07) is 8.16. The van der Waals surface area contributed by atoms with Gasteiger partial charge in [-0.15, -0.1) is 0 Å². The van der Waals surface area contributed by atoms with Crippen molar-refractivity contribution in [1.29, 1.82) is 0 Å². The van der Waals surface area contributed by atoms with Gasteiger partial charge in [-0.3, -0.25) is 0 Å². The minimum Gasteiger partial charge on any atom is -0.365 e. The van der Waals surface area contributed by atoms with E-state index < -0.39 is 0 Å². The second-order valence-electron chi connectivity index (χ2n) is 5.82. The lowest BCUT2D eigenvalue weighted by Crippen LogP contribution is -2.59. The number of benzene rings is 1. The number of aryl methyl sites for hydroxylation is 1. The van der Waals surface area contributed by atoms with E-state index in [4.69, 9.17) is 0 Å². The molecule has 2 aliphatic rings. The van der Waals surface area contributed by atoms with E-state index in [1.165, 1.54) is 42.5 Å². The van der Waals surface area contributed by atoms with E-state index in [0.29, 0.717) is 12.1 Å². The molecule has 1 saturated heterocycles. The first-order valence-electron chi connectivity index (χ1n) is 7.33. The van der Waals surface area contributed by atoms with Gasteiger partial charge in [0.1, 0.15) is 0 Å². The third kappa shape index (κ3) is 2.03. The van der Waals surface area contributed by atoms with Gasteiger partial charge in [-0.1, -0.05) is 25.0 Å². The standard InChI is InChI=1S/C16H24N2/c1-12-6-5-9-15(13(12)2)18-11-10-17-14-7-3-4-8-16(14)18/h5-6,9,14,16-17H,3-4,7-8,10-11H2,1-2H3/t14-,16-/m1/s1. The fraction of sp³-hybridized carbons (Fsp3) is 0.625. The highest BCUT2D eigenvalue weighted by molar-refractivity contribution is 5.57. The Morgan fingerprint density at radius 1 is 1.17 bits per heavy atom. The Morgan fingerprint density at radius 2 is 2.00 bits per heavy atom. The van der Waals surface area contributed by atoms with Crippen molar-refractivity contribution in [3.05, 3.63) is 29.3 Å². The fourth-order valence-corrected chi connectivity index (χ4v) is 3.60. The molecule has 1 aliphatic heterocycles. The van der Waals surface area contributed by atoms with Crippen LogP contribution in [0.2, 0.25) is 0 Å².